The second-order valence-corrected chi connectivity index (χ2v) is 16.4. The van der Waals surface area contributed by atoms with Crippen molar-refractivity contribution >= 4 is 5.57 Å². The first-order chi connectivity index (χ1) is 28.5. The first kappa shape index (κ1) is 34.4. The minimum absolute atomic E-state index is 0.0372. The van der Waals surface area contributed by atoms with E-state index in [1.165, 1.54) is 55.6 Å². The molecule has 0 aliphatic heterocycles. The van der Waals surface area contributed by atoms with Gasteiger partial charge in [0.1, 0.15) is 0 Å². The highest BCUT2D eigenvalue weighted by Crippen LogP contribution is 2.57. The standard InChI is InChI=1S/C56H42N2/c1-55(2)48-28-16-14-26-44(48)47-34-38(31-33-49(47)55)42-24-12-13-27-46(42)53-36-52(57-54(58-53)37-18-6-3-7-19-37)39-30-32-45-43-25-15-17-29-50(43)56(51(45)35-39,40-20-8-4-9-21-40)41-22-10-5-11-23-41/h3-15,17-27,29-36H,16,28H2,1-2H3. The van der Waals surface area contributed by atoms with Gasteiger partial charge in [-0.05, 0) is 92.2 Å². The van der Waals surface area contributed by atoms with E-state index in [2.05, 4.69) is 202 Å². The first-order valence-electron chi connectivity index (χ1n) is 20.5. The summed E-state index contributed by atoms with van der Waals surface area (Å²) in [7, 11) is 0. The zero-order valence-corrected chi connectivity index (χ0v) is 32.8. The first-order valence-corrected chi connectivity index (χ1v) is 20.5. The van der Waals surface area contributed by atoms with Crippen LogP contribution in [-0.2, 0) is 10.8 Å². The average molecular weight is 743 g/mol. The van der Waals surface area contributed by atoms with Crippen LogP contribution in [0.15, 0.2) is 200 Å². The van der Waals surface area contributed by atoms with E-state index >= 15 is 0 Å². The fourth-order valence-corrected chi connectivity index (χ4v) is 10.2. The molecular weight excluding hydrogens is 701 g/mol. The molecule has 3 aliphatic carbocycles. The van der Waals surface area contributed by atoms with E-state index in [1.807, 2.05) is 6.07 Å². The molecule has 0 amide bonds. The summed E-state index contributed by atoms with van der Waals surface area (Å²) in [6.07, 6.45) is 6.92. The van der Waals surface area contributed by atoms with E-state index in [0.717, 1.165) is 46.5 Å². The lowest BCUT2D eigenvalue weighted by molar-refractivity contribution is 0.607. The Morgan fingerprint density at radius 2 is 1.03 bits per heavy atom. The second-order valence-electron chi connectivity index (χ2n) is 16.4. The fraction of sp³-hybridized carbons (Fsp3) is 0.107. The maximum absolute atomic E-state index is 5.35. The van der Waals surface area contributed by atoms with E-state index in [0.29, 0.717) is 5.82 Å². The van der Waals surface area contributed by atoms with E-state index in [-0.39, 0.29) is 5.41 Å². The van der Waals surface area contributed by atoms with Crippen molar-refractivity contribution in [2.24, 2.45) is 0 Å². The van der Waals surface area contributed by atoms with Crippen molar-refractivity contribution in [2.75, 3.05) is 0 Å². The maximum Gasteiger partial charge on any atom is 0.160 e. The fourth-order valence-electron chi connectivity index (χ4n) is 10.2. The summed E-state index contributed by atoms with van der Waals surface area (Å²) in [6.45, 7) is 4.77. The molecule has 1 heterocycles. The van der Waals surface area contributed by atoms with Crippen molar-refractivity contribution in [3.05, 3.63) is 233 Å². The summed E-state index contributed by atoms with van der Waals surface area (Å²) in [5.74, 6) is 0.710. The zero-order chi connectivity index (χ0) is 38.8. The number of benzene rings is 7. The van der Waals surface area contributed by atoms with Crippen molar-refractivity contribution < 1.29 is 0 Å². The Kier molecular flexibility index (Phi) is 7.91. The molecule has 0 N–H and O–H groups in total. The Bertz CT molecular complexity index is 2910. The van der Waals surface area contributed by atoms with Crippen LogP contribution >= 0.6 is 0 Å². The van der Waals surface area contributed by atoms with E-state index in [1.54, 1.807) is 5.57 Å². The molecule has 0 fully saturated rings. The lowest BCUT2D eigenvalue weighted by Gasteiger charge is -2.34. The lowest BCUT2D eigenvalue weighted by atomic mass is 9.67. The molecule has 0 saturated carbocycles. The smallest absolute Gasteiger partial charge is 0.160 e. The quantitative estimate of drug-likeness (QED) is 0.170. The van der Waals surface area contributed by atoms with Crippen LogP contribution < -0.4 is 0 Å². The largest absolute Gasteiger partial charge is 0.228 e. The predicted molar refractivity (Wildman–Crippen MR) is 239 cm³/mol. The van der Waals surface area contributed by atoms with Crippen LogP contribution in [0, 0.1) is 0 Å². The van der Waals surface area contributed by atoms with Gasteiger partial charge in [-0.2, -0.15) is 0 Å². The molecule has 1 aromatic heterocycles. The average Bonchev–Trinajstić information content (AvgIpc) is 3.72. The molecule has 0 spiro atoms. The van der Waals surface area contributed by atoms with Gasteiger partial charge < -0.3 is 0 Å². The number of fused-ring (bicyclic) bond motifs is 5. The number of nitrogens with zero attached hydrogens (tertiary/aromatic N) is 2. The molecule has 2 nitrogen and oxygen atoms in total. The van der Waals surface area contributed by atoms with Gasteiger partial charge in [0.15, 0.2) is 5.82 Å². The highest BCUT2D eigenvalue weighted by atomic mass is 14.9. The third kappa shape index (κ3) is 5.18. The van der Waals surface area contributed by atoms with Gasteiger partial charge in [0.25, 0.3) is 0 Å². The number of hydrogen-bond acceptors (Lipinski definition) is 2. The topological polar surface area (TPSA) is 25.8 Å². The Labute approximate surface area is 341 Å². The molecule has 0 unspecified atom stereocenters. The lowest BCUT2D eigenvalue weighted by Crippen LogP contribution is -2.28. The Morgan fingerprint density at radius 1 is 0.431 bits per heavy atom. The van der Waals surface area contributed by atoms with Crippen LogP contribution in [0.5, 0.6) is 0 Å². The van der Waals surface area contributed by atoms with Crippen molar-refractivity contribution in [3.63, 3.8) is 0 Å². The Balaban J connectivity index is 1.12. The second kappa shape index (κ2) is 13.4. The van der Waals surface area contributed by atoms with Crippen molar-refractivity contribution in [3.8, 4) is 56.2 Å². The summed E-state index contributed by atoms with van der Waals surface area (Å²) >= 11 is 0. The third-order valence-electron chi connectivity index (χ3n) is 12.9. The van der Waals surface area contributed by atoms with Gasteiger partial charge in [0, 0.05) is 22.1 Å². The van der Waals surface area contributed by atoms with E-state index < -0.39 is 5.41 Å². The van der Waals surface area contributed by atoms with Gasteiger partial charge in [-0.25, -0.2) is 9.97 Å². The van der Waals surface area contributed by atoms with Crippen LogP contribution in [0.4, 0.5) is 0 Å². The van der Waals surface area contributed by atoms with Crippen LogP contribution in [0.3, 0.4) is 0 Å². The van der Waals surface area contributed by atoms with Crippen LogP contribution in [0.1, 0.15) is 60.1 Å². The highest BCUT2D eigenvalue weighted by molar-refractivity contribution is 5.92. The molecule has 11 rings (SSSR count). The summed E-state index contributed by atoms with van der Waals surface area (Å²) in [4.78, 5) is 10.7. The molecule has 0 bridgehead atoms. The van der Waals surface area contributed by atoms with Crippen LogP contribution in [0.2, 0.25) is 0 Å². The van der Waals surface area contributed by atoms with Gasteiger partial charge >= 0.3 is 0 Å². The van der Waals surface area contributed by atoms with Crippen molar-refractivity contribution in [1.82, 2.24) is 9.97 Å². The predicted octanol–water partition coefficient (Wildman–Crippen LogP) is 13.9. The number of rotatable bonds is 6. The number of allylic oxidation sites excluding steroid dienone is 4. The molecule has 58 heavy (non-hydrogen) atoms. The monoisotopic (exact) mass is 742 g/mol. The van der Waals surface area contributed by atoms with Gasteiger partial charge in [0.05, 0.1) is 16.8 Å². The SMILES string of the molecule is CC1(C)C2=C(C=CCC2)c2cc(-c3ccccc3-c3cc(-c4ccc5c(c4)C(c4ccccc4)(c4ccccc4)c4ccccc4-5)nc(-c4ccccc4)n3)ccc21. The van der Waals surface area contributed by atoms with Crippen molar-refractivity contribution in [1.29, 1.82) is 0 Å². The van der Waals surface area contributed by atoms with E-state index in [9.17, 15) is 0 Å². The summed E-state index contributed by atoms with van der Waals surface area (Å²) in [6, 6.07) is 66.3. The Hall–Kier alpha value is -6.90. The molecule has 0 radical (unpaired) electrons. The van der Waals surface area contributed by atoms with Gasteiger partial charge in [-0.15, -0.1) is 0 Å². The minimum Gasteiger partial charge on any atom is -0.228 e. The normalized spacial score (nSPS) is 15.4. The minimum atomic E-state index is -0.500. The Morgan fingerprint density at radius 3 is 1.78 bits per heavy atom. The van der Waals surface area contributed by atoms with Gasteiger partial charge in [-0.3, -0.25) is 0 Å². The molecule has 3 aliphatic rings. The molecule has 8 aromatic rings. The van der Waals surface area contributed by atoms with Crippen LogP contribution in [0.25, 0.3) is 61.7 Å². The zero-order valence-electron chi connectivity index (χ0n) is 32.8. The maximum atomic E-state index is 5.35. The summed E-state index contributed by atoms with van der Waals surface area (Å²) < 4.78 is 0. The molecule has 2 heteroatoms. The van der Waals surface area contributed by atoms with Crippen LogP contribution in [-0.4, -0.2) is 9.97 Å². The molecule has 0 saturated heterocycles. The molecule has 0 atom stereocenters. The third-order valence-corrected chi connectivity index (χ3v) is 12.9. The summed E-state index contributed by atoms with van der Waals surface area (Å²) in [5.41, 5.74) is 20.1. The van der Waals surface area contributed by atoms with Gasteiger partial charge in [0.2, 0.25) is 0 Å². The van der Waals surface area contributed by atoms with Gasteiger partial charge in [-0.1, -0.05) is 195 Å². The molecule has 276 valence electrons. The summed E-state index contributed by atoms with van der Waals surface area (Å²) in [5, 5.41) is 0. The molecule has 7 aromatic carbocycles. The van der Waals surface area contributed by atoms with Crippen molar-refractivity contribution in [2.45, 2.75) is 37.5 Å². The van der Waals surface area contributed by atoms with E-state index in [4.69, 9.17) is 9.97 Å². The number of hydrogen-bond donors (Lipinski definition) is 0. The molecular formula is C56H42N2. The number of aromatic nitrogens is 2. The highest BCUT2D eigenvalue weighted by Gasteiger charge is 2.46.